The molecule has 0 spiro atoms. The molecule has 2 aromatic heterocycles. The van der Waals surface area contributed by atoms with E-state index in [1.807, 2.05) is 42.3 Å². The Hall–Kier alpha value is -2.41. The number of ether oxygens (including phenoxy) is 2. The topological polar surface area (TPSA) is 103 Å². The molecule has 0 bridgehead atoms. The molecule has 37 heavy (non-hydrogen) atoms. The lowest BCUT2D eigenvalue weighted by molar-refractivity contribution is -0.133. The fourth-order valence-electron chi connectivity index (χ4n) is 4.50. The summed E-state index contributed by atoms with van der Waals surface area (Å²) in [7, 11) is 0. The number of fused-ring (bicyclic) bond motifs is 3. The van der Waals surface area contributed by atoms with Gasteiger partial charge in [0.15, 0.2) is 16.9 Å². The van der Waals surface area contributed by atoms with Crippen LogP contribution in [-0.2, 0) is 26.0 Å². The molecule has 0 amide bonds. The van der Waals surface area contributed by atoms with Crippen LogP contribution in [0.3, 0.4) is 0 Å². The summed E-state index contributed by atoms with van der Waals surface area (Å²) in [6, 6.07) is 5.88. The fourth-order valence-corrected chi connectivity index (χ4v) is 5.30. The van der Waals surface area contributed by atoms with Crippen molar-refractivity contribution in [2.75, 3.05) is 25.7 Å². The Morgan fingerprint density at radius 2 is 2.08 bits per heavy atom. The third-order valence-corrected chi connectivity index (χ3v) is 7.22. The van der Waals surface area contributed by atoms with Gasteiger partial charge in [-0.15, -0.1) is 0 Å². The van der Waals surface area contributed by atoms with Crippen molar-refractivity contribution in [3.05, 3.63) is 30.2 Å². The van der Waals surface area contributed by atoms with E-state index >= 15 is 0 Å². The molecule has 3 heterocycles. The third-order valence-electron chi connectivity index (χ3n) is 6.30. The minimum atomic E-state index is -1.43. The Kier molecular flexibility index (Phi) is 7.62. The van der Waals surface area contributed by atoms with E-state index in [4.69, 9.17) is 22.8 Å². The minimum Gasteiger partial charge on any atom is -0.491 e. The first-order valence-electron chi connectivity index (χ1n) is 12.4. The van der Waals surface area contributed by atoms with Crippen LogP contribution < -0.4 is 9.47 Å². The molecule has 200 valence electrons. The molecular weight excluding hydrogens is 514 g/mol. The second-order valence-corrected chi connectivity index (χ2v) is 11.3. The van der Waals surface area contributed by atoms with Gasteiger partial charge in [0.05, 0.1) is 12.1 Å². The van der Waals surface area contributed by atoms with Gasteiger partial charge in [-0.05, 0) is 63.7 Å². The highest BCUT2D eigenvalue weighted by Gasteiger charge is 2.42. The molecule has 10 nitrogen and oxygen atoms in total. The summed E-state index contributed by atoms with van der Waals surface area (Å²) in [6.07, 6.45) is 8.26. The number of rotatable bonds is 11. The average Bonchev–Trinajstić information content (AvgIpc) is 3.46. The summed E-state index contributed by atoms with van der Waals surface area (Å²) >= 11 is -0.214. The van der Waals surface area contributed by atoms with Crippen molar-refractivity contribution in [1.82, 2.24) is 24.3 Å². The summed E-state index contributed by atoms with van der Waals surface area (Å²) < 4.78 is 39.7. The molecule has 0 radical (unpaired) electrons. The van der Waals surface area contributed by atoms with Gasteiger partial charge >= 0.3 is 0 Å². The molecule has 1 fully saturated rings. The van der Waals surface area contributed by atoms with Crippen molar-refractivity contribution in [2.24, 2.45) is 5.92 Å². The summed E-state index contributed by atoms with van der Waals surface area (Å²) in [5, 5.41) is 4.54. The van der Waals surface area contributed by atoms with Gasteiger partial charge in [0, 0.05) is 37.2 Å². The molecule has 5 rings (SSSR count). The SMILES string of the molecule is CSOC(COS(C)=O)(CC1CC1)Oc1ccc2c(c1)OCCn1cc(-c3nc(C)nn3C(C)C)nc1-2. The molecular formula is C25H33N5O5S2. The van der Waals surface area contributed by atoms with Gasteiger partial charge in [-0.1, -0.05) is 0 Å². The van der Waals surface area contributed by atoms with E-state index in [1.165, 1.54) is 18.3 Å². The number of benzene rings is 1. The van der Waals surface area contributed by atoms with Crippen LogP contribution in [0.15, 0.2) is 24.4 Å². The molecule has 12 heteroatoms. The van der Waals surface area contributed by atoms with Crippen LogP contribution in [0.1, 0.15) is 45.0 Å². The maximum Gasteiger partial charge on any atom is 0.247 e. The molecule has 2 unspecified atom stereocenters. The largest absolute Gasteiger partial charge is 0.491 e. The summed E-state index contributed by atoms with van der Waals surface area (Å²) in [5.41, 5.74) is 1.65. The predicted molar refractivity (Wildman–Crippen MR) is 143 cm³/mol. The lowest BCUT2D eigenvalue weighted by Gasteiger charge is -2.32. The Bertz CT molecular complexity index is 1290. The van der Waals surface area contributed by atoms with Crippen molar-refractivity contribution in [3.8, 4) is 34.4 Å². The Morgan fingerprint density at radius 3 is 2.78 bits per heavy atom. The van der Waals surface area contributed by atoms with E-state index in [9.17, 15) is 4.21 Å². The van der Waals surface area contributed by atoms with E-state index in [-0.39, 0.29) is 12.6 Å². The molecule has 2 atom stereocenters. The molecule has 3 aromatic rings. The van der Waals surface area contributed by atoms with Crippen molar-refractivity contribution < 1.29 is 22.0 Å². The lowest BCUT2D eigenvalue weighted by Crippen LogP contribution is -2.43. The Labute approximate surface area is 223 Å². The van der Waals surface area contributed by atoms with Crippen LogP contribution >= 0.6 is 12.0 Å². The number of hydrogen-bond acceptors (Lipinski definition) is 9. The molecule has 1 aliphatic carbocycles. The molecule has 0 saturated heterocycles. The van der Waals surface area contributed by atoms with Gasteiger partial charge in [0.25, 0.3) is 0 Å². The highest BCUT2D eigenvalue weighted by Crippen LogP contribution is 2.42. The van der Waals surface area contributed by atoms with Crippen LogP contribution in [0.4, 0.5) is 0 Å². The lowest BCUT2D eigenvalue weighted by atomic mass is 10.1. The second kappa shape index (κ2) is 10.8. The standard InChI is InChI=1S/C25H33N5O5S2/c1-16(2)30-24(26-17(3)28-30)21-14-29-10-11-32-22-12-19(8-9-20(22)23(29)27-21)34-25(35-36-4,13-18-6-7-18)15-33-37(5)31/h8-9,12,14,16,18H,6-7,10-11,13,15H2,1-5H3. The van der Waals surface area contributed by atoms with E-state index in [0.717, 1.165) is 41.6 Å². The van der Waals surface area contributed by atoms with Gasteiger partial charge in [-0.2, -0.15) is 5.10 Å². The summed E-state index contributed by atoms with van der Waals surface area (Å²) in [5.74, 6) is 3.00. The van der Waals surface area contributed by atoms with Gasteiger partial charge < -0.3 is 14.0 Å². The second-order valence-electron chi connectivity index (χ2n) is 9.74. The highest BCUT2D eigenvalue weighted by atomic mass is 32.2. The van der Waals surface area contributed by atoms with Gasteiger partial charge in [-0.3, -0.25) is 8.37 Å². The van der Waals surface area contributed by atoms with Crippen LogP contribution in [0.5, 0.6) is 11.5 Å². The number of hydrogen-bond donors (Lipinski definition) is 0. The number of nitrogens with zero attached hydrogens (tertiary/aromatic N) is 5. The van der Waals surface area contributed by atoms with E-state index in [0.29, 0.717) is 37.0 Å². The monoisotopic (exact) mass is 547 g/mol. The Balaban J connectivity index is 1.46. The van der Waals surface area contributed by atoms with Crippen molar-refractivity contribution in [1.29, 1.82) is 0 Å². The fraction of sp³-hybridized carbons (Fsp3) is 0.560. The number of imidazole rings is 1. The normalized spacial score (nSPS) is 17.5. The van der Waals surface area contributed by atoms with E-state index in [2.05, 4.69) is 28.5 Å². The maximum atomic E-state index is 11.7. The van der Waals surface area contributed by atoms with Crippen molar-refractivity contribution in [3.63, 3.8) is 0 Å². The molecule has 0 N–H and O–H groups in total. The van der Waals surface area contributed by atoms with Crippen LogP contribution in [-0.4, -0.2) is 60.0 Å². The predicted octanol–water partition coefficient (Wildman–Crippen LogP) is 4.57. The highest BCUT2D eigenvalue weighted by molar-refractivity contribution is 7.93. The molecule has 1 saturated carbocycles. The zero-order valence-electron chi connectivity index (χ0n) is 21.8. The van der Waals surface area contributed by atoms with Crippen LogP contribution in [0, 0.1) is 12.8 Å². The zero-order chi connectivity index (χ0) is 26.2. The van der Waals surface area contributed by atoms with Gasteiger partial charge in [0.1, 0.15) is 42.1 Å². The van der Waals surface area contributed by atoms with Crippen LogP contribution in [0.25, 0.3) is 22.9 Å². The van der Waals surface area contributed by atoms with Crippen molar-refractivity contribution >= 4 is 23.1 Å². The first-order chi connectivity index (χ1) is 17.8. The van der Waals surface area contributed by atoms with E-state index in [1.54, 1.807) is 0 Å². The maximum absolute atomic E-state index is 11.7. The Morgan fingerprint density at radius 1 is 1.27 bits per heavy atom. The summed E-state index contributed by atoms with van der Waals surface area (Å²) in [4.78, 5) is 9.58. The smallest absolute Gasteiger partial charge is 0.247 e. The first kappa shape index (κ1) is 26.2. The molecule has 1 aromatic carbocycles. The van der Waals surface area contributed by atoms with E-state index < -0.39 is 16.9 Å². The quantitative estimate of drug-likeness (QED) is 0.252. The first-order valence-corrected chi connectivity index (χ1v) is 15.1. The third kappa shape index (κ3) is 5.87. The van der Waals surface area contributed by atoms with Crippen LogP contribution in [0.2, 0.25) is 0 Å². The zero-order valence-corrected chi connectivity index (χ0v) is 23.4. The molecule has 1 aliphatic heterocycles. The summed E-state index contributed by atoms with van der Waals surface area (Å²) in [6.45, 7) is 7.25. The molecule has 2 aliphatic rings. The minimum absolute atomic E-state index is 0.0646. The number of aryl methyl sites for hydroxylation is 1. The van der Waals surface area contributed by atoms with Crippen molar-refractivity contribution in [2.45, 2.75) is 58.4 Å². The van der Waals surface area contributed by atoms with Gasteiger partial charge in [0.2, 0.25) is 5.79 Å². The average molecular weight is 548 g/mol. The number of aromatic nitrogens is 5. The van der Waals surface area contributed by atoms with Gasteiger partial charge in [-0.25, -0.2) is 18.9 Å².